The van der Waals surface area contributed by atoms with Gasteiger partial charge in [0, 0.05) is 31.5 Å². The van der Waals surface area contributed by atoms with Gasteiger partial charge in [-0.1, -0.05) is 12.8 Å². The van der Waals surface area contributed by atoms with Crippen LogP contribution in [0.5, 0.6) is 0 Å². The number of carbonyl (C=O) groups is 1. The highest BCUT2D eigenvalue weighted by molar-refractivity contribution is 5.91. The molecule has 0 aliphatic carbocycles. The van der Waals surface area contributed by atoms with E-state index in [4.69, 9.17) is 4.74 Å². The molecule has 0 spiro atoms. The molecule has 1 fully saturated rings. The van der Waals surface area contributed by atoms with Gasteiger partial charge in [0.05, 0.1) is 10.5 Å². The van der Waals surface area contributed by atoms with Crippen LogP contribution in [-0.2, 0) is 11.3 Å². The molecule has 0 N–H and O–H groups in total. The van der Waals surface area contributed by atoms with Gasteiger partial charge in [0.2, 0.25) is 0 Å². The van der Waals surface area contributed by atoms with Crippen LogP contribution < -0.4 is 4.90 Å². The summed E-state index contributed by atoms with van der Waals surface area (Å²) in [6.45, 7) is -1.81. The number of nitrogens with zero attached hydrogens (tertiary/aromatic N) is 4. The Morgan fingerprint density at radius 2 is 1.96 bits per heavy atom. The molecule has 0 atom stereocenters. The van der Waals surface area contributed by atoms with Gasteiger partial charge in [0.1, 0.15) is 12.3 Å². The molecule has 2 heterocycles. The molecule has 1 saturated heterocycles. The van der Waals surface area contributed by atoms with E-state index in [2.05, 4.69) is 4.98 Å². The normalized spacial score (nSPS) is 14.8. The van der Waals surface area contributed by atoms with E-state index in [0.717, 1.165) is 45.0 Å². The smallest absolute Gasteiger partial charge is 0.338 e. The predicted octanol–water partition coefficient (Wildman–Crippen LogP) is 3.92. The van der Waals surface area contributed by atoms with Crippen molar-refractivity contribution in [1.29, 1.82) is 0 Å². The second-order valence-corrected chi connectivity index (χ2v) is 6.47. The monoisotopic (exact) mass is 394 g/mol. The van der Waals surface area contributed by atoms with Gasteiger partial charge in [0.15, 0.2) is 5.82 Å². The zero-order valence-corrected chi connectivity index (χ0v) is 15.1. The Hall–Kier alpha value is -3.04. The fourth-order valence-electron chi connectivity index (χ4n) is 3.22. The summed E-state index contributed by atoms with van der Waals surface area (Å²) in [4.78, 5) is 28.9. The number of benzene rings is 1. The van der Waals surface area contributed by atoms with Gasteiger partial charge < -0.3 is 9.64 Å². The average Bonchev–Trinajstić information content (AvgIpc) is 2.99. The molecule has 0 saturated carbocycles. The van der Waals surface area contributed by atoms with Crippen molar-refractivity contribution >= 4 is 17.3 Å². The number of carbonyl (C=O) groups excluding carboxylic acids is 1. The first-order chi connectivity index (χ1) is 13.5. The van der Waals surface area contributed by atoms with Crippen LogP contribution in [0.1, 0.15) is 48.4 Å². The zero-order valence-electron chi connectivity index (χ0n) is 15.1. The Morgan fingerprint density at radius 1 is 1.25 bits per heavy atom. The lowest BCUT2D eigenvalue weighted by Gasteiger charge is -2.22. The molecule has 28 heavy (non-hydrogen) atoms. The molecule has 1 aliphatic heterocycles. The van der Waals surface area contributed by atoms with Crippen molar-refractivity contribution in [3.63, 3.8) is 0 Å². The van der Waals surface area contributed by atoms with Gasteiger partial charge in [-0.3, -0.25) is 14.7 Å². The van der Waals surface area contributed by atoms with E-state index >= 15 is 0 Å². The molecule has 150 valence electrons. The summed E-state index contributed by atoms with van der Waals surface area (Å²) in [5.74, 6) is -0.951. The molecule has 3 rings (SSSR count). The van der Waals surface area contributed by atoms with Crippen LogP contribution in [0.3, 0.4) is 0 Å². The average molecular weight is 394 g/mol. The van der Waals surface area contributed by atoms with Crippen molar-refractivity contribution in [2.24, 2.45) is 0 Å². The minimum absolute atomic E-state index is 0.0135. The quantitative estimate of drug-likeness (QED) is 0.419. The molecule has 0 bridgehead atoms. The number of nitro benzene ring substituents is 1. The first-order valence-electron chi connectivity index (χ1n) is 8.97. The molecule has 0 unspecified atom stereocenters. The van der Waals surface area contributed by atoms with E-state index in [1.54, 1.807) is 6.07 Å². The van der Waals surface area contributed by atoms with Crippen LogP contribution in [0.4, 0.5) is 20.2 Å². The molecule has 1 aliphatic rings. The predicted molar refractivity (Wildman–Crippen MR) is 96.4 cm³/mol. The molecular formula is C18H20F2N4O4. The van der Waals surface area contributed by atoms with Gasteiger partial charge >= 0.3 is 12.5 Å². The Labute approximate surface area is 159 Å². The fourth-order valence-corrected chi connectivity index (χ4v) is 3.22. The van der Waals surface area contributed by atoms with Crippen LogP contribution in [0.15, 0.2) is 30.6 Å². The summed E-state index contributed by atoms with van der Waals surface area (Å²) < 4.78 is 31.2. The van der Waals surface area contributed by atoms with Crippen LogP contribution in [-0.4, -0.2) is 33.5 Å². The molecule has 10 heteroatoms. The third-order valence-corrected chi connectivity index (χ3v) is 4.65. The maximum absolute atomic E-state index is 12.8. The summed E-state index contributed by atoms with van der Waals surface area (Å²) in [6.07, 6.45) is 6.34. The van der Waals surface area contributed by atoms with Crippen LogP contribution in [0.2, 0.25) is 0 Å². The number of rotatable bonds is 6. The van der Waals surface area contributed by atoms with Crippen molar-refractivity contribution in [3.8, 4) is 0 Å². The second-order valence-electron chi connectivity index (χ2n) is 6.47. The minimum atomic E-state index is -2.80. The minimum Gasteiger partial charge on any atom is -0.454 e. The summed E-state index contributed by atoms with van der Waals surface area (Å²) >= 11 is 0. The topological polar surface area (TPSA) is 90.5 Å². The molecular weight excluding hydrogens is 374 g/mol. The largest absolute Gasteiger partial charge is 0.454 e. The number of imidazole rings is 1. The number of ether oxygens (including phenoxy) is 1. The third-order valence-electron chi connectivity index (χ3n) is 4.65. The first kappa shape index (κ1) is 19.7. The number of anilines is 1. The van der Waals surface area contributed by atoms with E-state index < -0.39 is 24.0 Å². The summed E-state index contributed by atoms with van der Waals surface area (Å²) in [7, 11) is 0. The number of alkyl halides is 2. The number of aromatic nitrogens is 2. The molecule has 1 aromatic carbocycles. The Bertz CT molecular complexity index is 848. The Morgan fingerprint density at radius 3 is 2.61 bits per heavy atom. The number of esters is 1. The van der Waals surface area contributed by atoms with Gasteiger partial charge in [-0.2, -0.15) is 8.78 Å². The zero-order chi connectivity index (χ0) is 20.1. The lowest BCUT2D eigenvalue weighted by molar-refractivity contribution is -0.384. The van der Waals surface area contributed by atoms with Gasteiger partial charge in [-0.15, -0.1) is 0 Å². The number of halogens is 2. The molecule has 1 aromatic heterocycles. The summed E-state index contributed by atoms with van der Waals surface area (Å²) in [5.41, 5.74) is 0.280. The Kier molecular flexibility index (Phi) is 6.17. The van der Waals surface area contributed by atoms with E-state index in [1.165, 1.54) is 18.3 Å². The standard InChI is InChI=1S/C18H20F2N4O4/c19-18(20)23-10-7-21-16(23)12-28-17(25)13-5-6-14(15(11-13)24(26)27)22-8-3-1-2-4-9-22/h5-7,10-11,18H,1-4,8-9,12H2. The van der Waals surface area contributed by atoms with E-state index in [9.17, 15) is 23.7 Å². The highest BCUT2D eigenvalue weighted by atomic mass is 19.3. The highest BCUT2D eigenvalue weighted by Gasteiger charge is 2.23. The van der Waals surface area contributed by atoms with Crippen LogP contribution >= 0.6 is 0 Å². The van der Waals surface area contributed by atoms with Crippen molar-refractivity contribution in [1.82, 2.24) is 9.55 Å². The second kappa shape index (κ2) is 8.77. The number of hydrogen-bond donors (Lipinski definition) is 0. The summed E-state index contributed by atoms with van der Waals surface area (Å²) in [6, 6.07) is 4.16. The lowest BCUT2D eigenvalue weighted by atomic mass is 10.1. The lowest BCUT2D eigenvalue weighted by Crippen LogP contribution is -2.25. The first-order valence-corrected chi connectivity index (χ1v) is 8.97. The van der Waals surface area contributed by atoms with Crippen molar-refractivity contribution < 1.29 is 23.2 Å². The SMILES string of the molecule is O=C(OCc1nccn1C(F)F)c1ccc(N2CCCCCC2)c([N+](=O)[O-])c1. The van der Waals surface area contributed by atoms with Gasteiger partial charge in [0.25, 0.3) is 5.69 Å². The third kappa shape index (κ3) is 4.44. The summed E-state index contributed by atoms with van der Waals surface area (Å²) in [5, 5.41) is 11.5. The van der Waals surface area contributed by atoms with Crippen molar-refractivity contribution in [2.45, 2.75) is 38.8 Å². The van der Waals surface area contributed by atoms with Crippen molar-refractivity contribution in [3.05, 3.63) is 52.1 Å². The maximum Gasteiger partial charge on any atom is 0.338 e. The van der Waals surface area contributed by atoms with Gasteiger partial charge in [-0.25, -0.2) is 9.78 Å². The number of nitro groups is 1. The molecule has 0 radical (unpaired) electrons. The fraction of sp³-hybridized carbons (Fsp3) is 0.444. The molecule has 8 nitrogen and oxygen atoms in total. The Balaban J connectivity index is 1.76. The highest BCUT2D eigenvalue weighted by Crippen LogP contribution is 2.31. The molecule has 2 aromatic rings. The van der Waals surface area contributed by atoms with E-state index in [0.29, 0.717) is 10.3 Å². The van der Waals surface area contributed by atoms with Crippen LogP contribution in [0, 0.1) is 10.1 Å². The maximum atomic E-state index is 12.8. The number of hydrogen-bond acceptors (Lipinski definition) is 6. The van der Waals surface area contributed by atoms with Crippen LogP contribution in [0.25, 0.3) is 0 Å². The van der Waals surface area contributed by atoms with E-state index in [1.807, 2.05) is 4.90 Å². The van der Waals surface area contributed by atoms with Gasteiger partial charge in [-0.05, 0) is 25.0 Å². The molecule has 0 amide bonds. The van der Waals surface area contributed by atoms with E-state index in [-0.39, 0.29) is 17.1 Å². The van der Waals surface area contributed by atoms with Crippen molar-refractivity contribution in [2.75, 3.05) is 18.0 Å².